The largest absolute Gasteiger partial charge is 0.487 e. The van der Waals surface area contributed by atoms with E-state index in [0.717, 1.165) is 36.1 Å². The number of rotatable bonds is 9. The summed E-state index contributed by atoms with van der Waals surface area (Å²) < 4.78 is 34.8. The summed E-state index contributed by atoms with van der Waals surface area (Å²) >= 11 is 0. The number of carbonyl (C=O) groups excluding carboxylic acids is 1. The van der Waals surface area contributed by atoms with Gasteiger partial charge < -0.3 is 10.1 Å². The van der Waals surface area contributed by atoms with Crippen molar-refractivity contribution in [3.05, 3.63) is 90.0 Å². The third-order valence-corrected chi connectivity index (χ3v) is 8.86. The highest BCUT2D eigenvalue weighted by Gasteiger charge is 2.39. The van der Waals surface area contributed by atoms with E-state index in [-0.39, 0.29) is 29.0 Å². The number of aryl methyl sites for hydroxylation is 1. The zero-order valence-electron chi connectivity index (χ0n) is 21.1. The van der Waals surface area contributed by atoms with Crippen LogP contribution in [0.3, 0.4) is 0 Å². The maximum Gasteiger partial charge on any atom is 0.264 e. The highest BCUT2D eigenvalue weighted by atomic mass is 32.2. The maximum absolute atomic E-state index is 13.6. The highest BCUT2D eigenvalue weighted by Crippen LogP contribution is 2.42. The third-order valence-electron chi connectivity index (χ3n) is 7.07. The van der Waals surface area contributed by atoms with E-state index in [1.807, 2.05) is 43.3 Å². The maximum atomic E-state index is 13.6. The Morgan fingerprint density at radius 1 is 0.944 bits per heavy atom. The molecule has 0 radical (unpaired) electrons. The number of nitrogens with one attached hydrogen (secondary N) is 1. The highest BCUT2D eigenvalue weighted by molar-refractivity contribution is 7.92. The summed E-state index contributed by atoms with van der Waals surface area (Å²) in [4.78, 5) is 13.6. The molecule has 4 rings (SSSR count). The molecule has 0 aromatic heterocycles. The van der Waals surface area contributed by atoms with Gasteiger partial charge in [0.25, 0.3) is 10.0 Å². The van der Waals surface area contributed by atoms with Crippen molar-refractivity contribution < 1.29 is 17.9 Å². The number of amides is 1. The van der Waals surface area contributed by atoms with Gasteiger partial charge in [0.2, 0.25) is 5.91 Å². The minimum atomic E-state index is -3.95. The average Bonchev–Trinajstić information content (AvgIpc) is 2.92. The molecule has 3 aromatic carbocycles. The van der Waals surface area contributed by atoms with Crippen LogP contribution in [0.4, 0.5) is 5.69 Å². The molecule has 0 unspecified atom stereocenters. The number of sulfonamides is 1. The number of fused-ring (bicyclic) bond motifs is 1. The van der Waals surface area contributed by atoms with Crippen molar-refractivity contribution in [3.63, 3.8) is 0 Å². The number of benzene rings is 3. The second kappa shape index (κ2) is 10.7. The number of hydrogen-bond acceptors (Lipinski definition) is 4. The lowest BCUT2D eigenvalue weighted by Crippen LogP contribution is -2.47. The van der Waals surface area contributed by atoms with Gasteiger partial charge in [0.1, 0.15) is 17.9 Å². The fourth-order valence-electron chi connectivity index (χ4n) is 4.73. The fourth-order valence-corrected chi connectivity index (χ4v) is 6.18. The molecule has 0 saturated carbocycles. The summed E-state index contributed by atoms with van der Waals surface area (Å²) in [5.74, 6) is 0.401. The molecular weight excluding hydrogens is 472 g/mol. The van der Waals surface area contributed by atoms with Crippen LogP contribution in [0.5, 0.6) is 5.75 Å². The molecule has 1 N–H and O–H groups in total. The van der Waals surface area contributed by atoms with Crippen LogP contribution in [0.2, 0.25) is 0 Å². The first-order valence-corrected chi connectivity index (χ1v) is 14.0. The molecule has 36 heavy (non-hydrogen) atoms. The number of para-hydroxylation sites is 1. The predicted molar refractivity (Wildman–Crippen MR) is 143 cm³/mol. The van der Waals surface area contributed by atoms with E-state index < -0.39 is 10.0 Å². The normalized spacial score (nSPS) is 16.5. The van der Waals surface area contributed by atoms with E-state index in [1.54, 1.807) is 42.5 Å². The molecule has 0 bridgehead atoms. The Morgan fingerprint density at radius 3 is 2.22 bits per heavy atom. The molecular formula is C29H34N2O4S. The Hall–Kier alpha value is -3.32. The lowest BCUT2D eigenvalue weighted by molar-refractivity contribution is -0.121. The summed E-state index contributed by atoms with van der Waals surface area (Å²) in [5.41, 5.74) is 2.08. The van der Waals surface area contributed by atoms with Crippen LogP contribution in [-0.2, 0) is 21.2 Å². The van der Waals surface area contributed by atoms with Gasteiger partial charge >= 0.3 is 0 Å². The third kappa shape index (κ3) is 5.26. The van der Waals surface area contributed by atoms with Crippen molar-refractivity contribution in [1.29, 1.82) is 0 Å². The van der Waals surface area contributed by atoms with Crippen LogP contribution in [-0.4, -0.2) is 26.5 Å². The Kier molecular flexibility index (Phi) is 7.69. The van der Waals surface area contributed by atoms with Gasteiger partial charge in [0.05, 0.1) is 16.6 Å². The van der Waals surface area contributed by atoms with E-state index in [9.17, 15) is 13.2 Å². The predicted octanol–water partition coefficient (Wildman–Crippen LogP) is 5.64. The van der Waals surface area contributed by atoms with E-state index in [1.165, 1.54) is 4.31 Å². The topological polar surface area (TPSA) is 75.7 Å². The Morgan fingerprint density at radius 2 is 1.58 bits per heavy atom. The first-order chi connectivity index (χ1) is 17.3. The van der Waals surface area contributed by atoms with Crippen LogP contribution in [0, 0.1) is 0 Å². The minimum Gasteiger partial charge on any atom is -0.487 e. The molecule has 7 heteroatoms. The zero-order chi connectivity index (χ0) is 25.8. The first-order valence-electron chi connectivity index (χ1n) is 12.6. The van der Waals surface area contributed by atoms with Gasteiger partial charge in [-0.3, -0.25) is 9.10 Å². The molecule has 0 spiro atoms. The molecule has 3 aromatic rings. The molecule has 6 nitrogen and oxygen atoms in total. The average molecular weight is 507 g/mol. The quantitative estimate of drug-likeness (QED) is 0.407. The van der Waals surface area contributed by atoms with E-state index >= 15 is 0 Å². The summed E-state index contributed by atoms with van der Waals surface area (Å²) in [6, 6.07) is 23.0. The Labute approximate surface area is 214 Å². The van der Waals surface area contributed by atoms with Crippen molar-refractivity contribution in [2.75, 3.05) is 10.8 Å². The van der Waals surface area contributed by atoms with Gasteiger partial charge in [0.15, 0.2) is 0 Å². The fraction of sp³-hybridized carbons (Fsp3) is 0.345. The molecule has 0 fully saturated rings. The van der Waals surface area contributed by atoms with Crippen molar-refractivity contribution in [1.82, 2.24) is 5.32 Å². The number of nitrogens with zero attached hydrogens (tertiary/aromatic N) is 1. The molecule has 1 aliphatic heterocycles. The lowest BCUT2D eigenvalue weighted by Gasteiger charge is -2.41. The molecule has 1 aliphatic rings. The molecule has 0 saturated heterocycles. The number of ether oxygens (including phenoxy) is 1. The van der Waals surface area contributed by atoms with Crippen LogP contribution in [0.1, 0.15) is 57.2 Å². The Balaban J connectivity index is 1.64. The number of anilines is 1. The zero-order valence-corrected chi connectivity index (χ0v) is 21.9. The van der Waals surface area contributed by atoms with Crippen molar-refractivity contribution in [3.8, 4) is 5.75 Å². The first kappa shape index (κ1) is 25.8. The Bertz CT molecular complexity index is 1290. The monoisotopic (exact) mass is 506 g/mol. The number of hydrogen-bond donors (Lipinski definition) is 1. The van der Waals surface area contributed by atoms with Crippen LogP contribution in [0.15, 0.2) is 83.8 Å². The lowest BCUT2D eigenvalue weighted by atomic mass is 9.83. The van der Waals surface area contributed by atoms with Gasteiger partial charge in [-0.2, -0.15) is 0 Å². The summed E-state index contributed by atoms with van der Waals surface area (Å²) in [6.07, 6.45) is 3.08. The SMILES string of the molecule is CCc1ccc(N(CC(=O)N[C@H]2CC(CC)(CC)Oc3ccccc32)S(=O)(=O)c2ccccc2)cc1. The van der Waals surface area contributed by atoms with Crippen molar-refractivity contribution >= 4 is 21.6 Å². The number of carbonyl (C=O) groups is 1. The van der Waals surface area contributed by atoms with Gasteiger partial charge in [-0.15, -0.1) is 0 Å². The smallest absolute Gasteiger partial charge is 0.264 e. The van der Waals surface area contributed by atoms with Crippen LogP contribution < -0.4 is 14.4 Å². The van der Waals surface area contributed by atoms with Gasteiger partial charge in [-0.1, -0.05) is 69.3 Å². The van der Waals surface area contributed by atoms with Crippen LogP contribution >= 0.6 is 0 Å². The molecule has 1 amide bonds. The van der Waals surface area contributed by atoms with E-state index in [4.69, 9.17) is 4.74 Å². The van der Waals surface area contributed by atoms with E-state index in [2.05, 4.69) is 19.2 Å². The molecule has 1 heterocycles. The van der Waals surface area contributed by atoms with Crippen molar-refractivity contribution in [2.45, 2.75) is 63.0 Å². The summed E-state index contributed by atoms with van der Waals surface area (Å²) in [5, 5.41) is 3.12. The van der Waals surface area contributed by atoms with Crippen molar-refractivity contribution in [2.24, 2.45) is 0 Å². The van der Waals surface area contributed by atoms with Gasteiger partial charge in [-0.05, 0) is 55.2 Å². The summed E-state index contributed by atoms with van der Waals surface area (Å²) in [7, 11) is -3.95. The second-order valence-electron chi connectivity index (χ2n) is 9.20. The molecule has 1 atom stereocenters. The minimum absolute atomic E-state index is 0.143. The molecule has 190 valence electrons. The summed E-state index contributed by atoms with van der Waals surface area (Å²) in [6.45, 7) is 5.89. The van der Waals surface area contributed by atoms with Gasteiger partial charge in [-0.25, -0.2) is 8.42 Å². The second-order valence-corrected chi connectivity index (χ2v) is 11.1. The van der Waals surface area contributed by atoms with Gasteiger partial charge in [0, 0.05) is 12.0 Å². The standard InChI is InChI=1S/C29H34N2O4S/c1-4-22-16-18-23(19-17-22)31(36(33,34)24-12-8-7-9-13-24)21-28(32)30-26-20-29(5-2,6-3)35-27-15-11-10-14-25(26)27/h7-19,26H,4-6,20-21H2,1-3H3,(H,30,32)/t26-/m0/s1. The van der Waals surface area contributed by atoms with Crippen LogP contribution in [0.25, 0.3) is 0 Å². The molecule has 0 aliphatic carbocycles. The van der Waals surface area contributed by atoms with E-state index in [0.29, 0.717) is 12.1 Å².